The van der Waals surface area contributed by atoms with E-state index in [1.165, 1.54) is 0 Å². The van der Waals surface area contributed by atoms with Crippen LogP contribution in [0.15, 0.2) is 48.7 Å². The molecule has 0 fully saturated rings. The fourth-order valence-corrected chi connectivity index (χ4v) is 2.58. The summed E-state index contributed by atoms with van der Waals surface area (Å²) in [4.78, 5) is 8.76. The van der Waals surface area contributed by atoms with Crippen molar-refractivity contribution in [3.05, 3.63) is 48.7 Å². The van der Waals surface area contributed by atoms with E-state index in [0.29, 0.717) is 40.5 Å². The monoisotopic (exact) mass is 382 g/mol. The molecule has 0 aliphatic rings. The van der Waals surface area contributed by atoms with Gasteiger partial charge >= 0.3 is 0 Å². The second-order valence-corrected chi connectivity index (χ2v) is 5.65. The van der Waals surface area contributed by atoms with Gasteiger partial charge in [0, 0.05) is 24.0 Å². The number of hydrogen-bond acceptors (Lipinski definition) is 8. The minimum atomic E-state index is 0.414. The summed E-state index contributed by atoms with van der Waals surface area (Å²) < 4.78 is 21.2. The highest BCUT2D eigenvalue weighted by Gasteiger charge is 2.09. The third-order valence-corrected chi connectivity index (χ3v) is 3.96. The molecule has 0 unspecified atom stereocenters. The lowest BCUT2D eigenvalue weighted by molar-refractivity contribution is 0.355. The van der Waals surface area contributed by atoms with Crippen molar-refractivity contribution < 1.29 is 18.9 Å². The summed E-state index contributed by atoms with van der Waals surface area (Å²) >= 11 is 0. The summed E-state index contributed by atoms with van der Waals surface area (Å²) in [5.74, 6) is 3.67. The van der Waals surface area contributed by atoms with E-state index in [9.17, 15) is 0 Å². The Labute approximate surface area is 163 Å². The molecule has 3 rings (SSSR count). The molecule has 8 heteroatoms. The molecule has 1 aromatic heterocycles. The van der Waals surface area contributed by atoms with Gasteiger partial charge < -0.3 is 29.6 Å². The van der Waals surface area contributed by atoms with E-state index in [-0.39, 0.29) is 0 Å². The molecule has 2 aromatic carbocycles. The van der Waals surface area contributed by atoms with Crippen LogP contribution in [0.25, 0.3) is 0 Å². The highest BCUT2D eigenvalue weighted by atomic mass is 16.5. The van der Waals surface area contributed by atoms with Crippen molar-refractivity contribution >= 4 is 23.1 Å². The van der Waals surface area contributed by atoms with Gasteiger partial charge in [-0.2, -0.15) is 4.98 Å². The van der Waals surface area contributed by atoms with Crippen molar-refractivity contribution in [2.24, 2.45) is 0 Å². The summed E-state index contributed by atoms with van der Waals surface area (Å²) in [7, 11) is 6.40. The standard InChI is InChI=1S/C20H22N4O4/c1-25-14-6-8-16(26-2)15(12-14)23-20-21-10-9-19(24-20)22-13-5-7-17(27-3)18(11-13)28-4/h5-12H,1-4H3,(H2,21,22,23,24). The lowest BCUT2D eigenvalue weighted by Gasteiger charge is -2.13. The Morgan fingerprint density at radius 2 is 1.46 bits per heavy atom. The molecule has 3 aromatic rings. The lowest BCUT2D eigenvalue weighted by atomic mass is 10.2. The second-order valence-electron chi connectivity index (χ2n) is 5.65. The molecular formula is C20H22N4O4. The van der Waals surface area contributed by atoms with Gasteiger partial charge in [-0.05, 0) is 30.3 Å². The Kier molecular flexibility index (Phi) is 6.01. The van der Waals surface area contributed by atoms with Crippen LogP contribution in [0, 0.1) is 0 Å². The Bertz CT molecular complexity index is 949. The van der Waals surface area contributed by atoms with Gasteiger partial charge in [0.1, 0.15) is 17.3 Å². The maximum atomic E-state index is 5.38. The first-order chi connectivity index (χ1) is 13.7. The third kappa shape index (κ3) is 4.35. The van der Waals surface area contributed by atoms with Gasteiger partial charge in [0.25, 0.3) is 0 Å². The smallest absolute Gasteiger partial charge is 0.229 e. The maximum absolute atomic E-state index is 5.38. The molecular weight excluding hydrogens is 360 g/mol. The Balaban J connectivity index is 1.81. The highest BCUT2D eigenvalue weighted by molar-refractivity contribution is 5.66. The largest absolute Gasteiger partial charge is 0.497 e. The molecule has 1 heterocycles. The molecule has 0 aliphatic heterocycles. The minimum absolute atomic E-state index is 0.414. The fraction of sp³-hybridized carbons (Fsp3) is 0.200. The molecule has 146 valence electrons. The molecule has 0 atom stereocenters. The average Bonchev–Trinajstić information content (AvgIpc) is 2.73. The quantitative estimate of drug-likeness (QED) is 0.605. The number of rotatable bonds is 8. The Hall–Kier alpha value is -3.68. The Morgan fingerprint density at radius 1 is 0.714 bits per heavy atom. The molecule has 28 heavy (non-hydrogen) atoms. The molecule has 0 radical (unpaired) electrons. The van der Waals surface area contributed by atoms with Crippen molar-refractivity contribution in [3.63, 3.8) is 0 Å². The van der Waals surface area contributed by atoms with Crippen LogP contribution in [0.1, 0.15) is 0 Å². The van der Waals surface area contributed by atoms with Gasteiger partial charge in [-0.15, -0.1) is 0 Å². The van der Waals surface area contributed by atoms with Crippen molar-refractivity contribution in [2.75, 3.05) is 39.1 Å². The summed E-state index contributed by atoms with van der Waals surface area (Å²) in [5, 5.41) is 6.38. The average molecular weight is 382 g/mol. The van der Waals surface area contributed by atoms with Crippen molar-refractivity contribution in [2.45, 2.75) is 0 Å². The van der Waals surface area contributed by atoms with Gasteiger partial charge in [0.05, 0.1) is 34.1 Å². The zero-order valence-corrected chi connectivity index (χ0v) is 16.1. The van der Waals surface area contributed by atoms with Crippen LogP contribution in [0.5, 0.6) is 23.0 Å². The zero-order chi connectivity index (χ0) is 19.9. The maximum Gasteiger partial charge on any atom is 0.229 e. The number of hydrogen-bond donors (Lipinski definition) is 2. The summed E-state index contributed by atoms with van der Waals surface area (Å²) in [5.41, 5.74) is 1.51. The van der Waals surface area contributed by atoms with Crippen LogP contribution in [0.2, 0.25) is 0 Å². The van der Waals surface area contributed by atoms with Crippen LogP contribution in [0.3, 0.4) is 0 Å². The van der Waals surface area contributed by atoms with Crippen LogP contribution < -0.4 is 29.6 Å². The summed E-state index contributed by atoms with van der Waals surface area (Å²) in [6, 6.07) is 12.7. The van der Waals surface area contributed by atoms with Crippen LogP contribution in [-0.2, 0) is 0 Å². The predicted octanol–water partition coefficient (Wildman–Crippen LogP) is 4.00. The Morgan fingerprint density at radius 3 is 2.18 bits per heavy atom. The highest BCUT2D eigenvalue weighted by Crippen LogP contribution is 2.32. The van der Waals surface area contributed by atoms with E-state index < -0.39 is 0 Å². The molecule has 0 bridgehead atoms. The first-order valence-corrected chi connectivity index (χ1v) is 8.48. The van der Waals surface area contributed by atoms with E-state index in [2.05, 4.69) is 20.6 Å². The number of nitrogens with zero attached hydrogens (tertiary/aromatic N) is 2. The number of benzene rings is 2. The SMILES string of the molecule is COc1ccc(OC)c(Nc2nccc(Nc3ccc(OC)c(OC)c3)n2)c1. The van der Waals surface area contributed by atoms with Gasteiger partial charge in [-0.25, -0.2) is 4.98 Å². The number of ether oxygens (including phenoxy) is 4. The predicted molar refractivity (Wildman–Crippen MR) is 108 cm³/mol. The first-order valence-electron chi connectivity index (χ1n) is 8.48. The van der Waals surface area contributed by atoms with Crippen LogP contribution >= 0.6 is 0 Å². The third-order valence-electron chi connectivity index (χ3n) is 3.96. The minimum Gasteiger partial charge on any atom is -0.497 e. The summed E-state index contributed by atoms with van der Waals surface area (Å²) in [6.45, 7) is 0. The molecule has 8 nitrogen and oxygen atoms in total. The number of nitrogens with one attached hydrogen (secondary N) is 2. The molecule has 0 saturated heterocycles. The fourth-order valence-electron chi connectivity index (χ4n) is 2.58. The van der Waals surface area contributed by atoms with E-state index in [0.717, 1.165) is 5.69 Å². The summed E-state index contributed by atoms with van der Waals surface area (Å²) in [6.07, 6.45) is 1.66. The molecule has 0 spiro atoms. The molecule has 0 amide bonds. The van der Waals surface area contributed by atoms with E-state index >= 15 is 0 Å². The van der Waals surface area contributed by atoms with Crippen molar-refractivity contribution in [1.29, 1.82) is 0 Å². The van der Waals surface area contributed by atoms with Gasteiger partial charge in [-0.3, -0.25) is 0 Å². The zero-order valence-electron chi connectivity index (χ0n) is 16.1. The number of aromatic nitrogens is 2. The second kappa shape index (κ2) is 8.81. The van der Waals surface area contributed by atoms with Gasteiger partial charge in [0.15, 0.2) is 11.5 Å². The molecule has 0 saturated carbocycles. The van der Waals surface area contributed by atoms with E-state index in [4.69, 9.17) is 18.9 Å². The number of methoxy groups -OCH3 is 4. The number of anilines is 4. The van der Waals surface area contributed by atoms with Crippen LogP contribution in [0.4, 0.5) is 23.1 Å². The van der Waals surface area contributed by atoms with Crippen molar-refractivity contribution in [3.8, 4) is 23.0 Å². The first kappa shape index (κ1) is 19.1. The van der Waals surface area contributed by atoms with Gasteiger partial charge in [0.2, 0.25) is 5.95 Å². The van der Waals surface area contributed by atoms with E-state index in [1.54, 1.807) is 40.7 Å². The van der Waals surface area contributed by atoms with Crippen LogP contribution in [-0.4, -0.2) is 38.4 Å². The lowest BCUT2D eigenvalue weighted by Crippen LogP contribution is -2.02. The van der Waals surface area contributed by atoms with Gasteiger partial charge in [-0.1, -0.05) is 0 Å². The normalized spacial score (nSPS) is 10.1. The molecule has 0 aliphatic carbocycles. The van der Waals surface area contributed by atoms with E-state index in [1.807, 2.05) is 36.4 Å². The topological polar surface area (TPSA) is 86.8 Å². The van der Waals surface area contributed by atoms with Crippen molar-refractivity contribution in [1.82, 2.24) is 9.97 Å². The molecule has 2 N–H and O–H groups in total.